The molecule has 1 heterocycles. The number of pyridine rings is 1. The molecule has 276 valence electrons. The third kappa shape index (κ3) is 9.71. The predicted octanol–water partition coefficient (Wildman–Crippen LogP) is 6.53. The van der Waals surface area contributed by atoms with Crippen LogP contribution in [0.1, 0.15) is 56.7 Å². The maximum Gasteiger partial charge on any atom is 0.405 e. The van der Waals surface area contributed by atoms with Gasteiger partial charge in [-0.2, -0.15) is 0 Å². The Bertz CT molecular complexity index is 2230. The first-order valence-corrected chi connectivity index (χ1v) is 17.7. The number of carboxylic acid groups (broad SMARTS) is 1. The van der Waals surface area contributed by atoms with Crippen LogP contribution in [-0.4, -0.2) is 56.8 Å². The summed E-state index contributed by atoms with van der Waals surface area (Å²) in [5.74, 6) is 0.412. The molecular weight excluding hydrogens is 684 g/mol. The van der Waals surface area contributed by atoms with Crippen LogP contribution in [0.5, 0.6) is 11.5 Å². The van der Waals surface area contributed by atoms with Gasteiger partial charge in [-0.1, -0.05) is 91.0 Å². The zero-order valence-electron chi connectivity index (χ0n) is 29.5. The summed E-state index contributed by atoms with van der Waals surface area (Å²) in [5, 5.41) is 37.0. The first kappa shape index (κ1) is 37.3. The fraction of sp³-hybridized carbons (Fsp3) is 0.186. The second-order valence-corrected chi connectivity index (χ2v) is 12.9. The van der Waals surface area contributed by atoms with Crippen LogP contribution in [0.15, 0.2) is 138 Å². The molecule has 0 aliphatic heterocycles. The first-order valence-electron chi connectivity index (χ1n) is 17.7. The number of hydrogen-bond acceptors (Lipinski definition) is 7. The minimum atomic E-state index is -1.12. The van der Waals surface area contributed by atoms with Gasteiger partial charge in [0.1, 0.15) is 18.1 Å². The number of carbonyl (C=O) groups excluding carboxylic acids is 1. The van der Waals surface area contributed by atoms with Crippen molar-refractivity contribution in [1.29, 1.82) is 0 Å². The van der Waals surface area contributed by atoms with Crippen LogP contribution in [-0.2, 0) is 13.2 Å². The van der Waals surface area contributed by atoms with E-state index >= 15 is 0 Å². The quantitative estimate of drug-likeness (QED) is 0.0614. The predicted molar refractivity (Wildman–Crippen MR) is 207 cm³/mol. The molecule has 0 saturated carbocycles. The van der Waals surface area contributed by atoms with Crippen molar-refractivity contribution in [2.75, 3.05) is 19.6 Å². The van der Waals surface area contributed by atoms with Crippen LogP contribution in [0, 0.1) is 0 Å². The standard InChI is InChI=1S/C43H42N4O7/c48-37-21-19-35(36-20-22-39(50)45-41(36)37)38(49)26-44-23-8-24-47(27-29-9-3-1-4-10-29)42(51)32-17-15-30(16-18-32)28-54-34-14-7-13-33(25-34)40(46-43(52)53)31-11-5-2-6-12-31/h1-7,9-22,25,38,40,44,46,48-49H,8,23-24,26-28H2,(H,45,50)(H,52,53)/t38-,40-/m0/s1. The van der Waals surface area contributed by atoms with Gasteiger partial charge < -0.3 is 40.6 Å². The van der Waals surface area contributed by atoms with E-state index in [1.165, 1.54) is 12.1 Å². The number of ether oxygens (including phenoxy) is 1. The number of amides is 2. The number of phenols is 1. The molecule has 11 nitrogen and oxygen atoms in total. The maximum atomic E-state index is 13.8. The minimum absolute atomic E-state index is 0.0647. The van der Waals surface area contributed by atoms with Gasteiger partial charge in [0.05, 0.1) is 17.7 Å². The molecule has 6 aromatic rings. The van der Waals surface area contributed by atoms with Gasteiger partial charge in [-0.3, -0.25) is 9.59 Å². The number of aliphatic hydroxyl groups is 1. The smallest absolute Gasteiger partial charge is 0.405 e. The Morgan fingerprint density at radius 1 is 0.796 bits per heavy atom. The molecule has 11 heteroatoms. The zero-order chi connectivity index (χ0) is 37.9. The fourth-order valence-corrected chi connectivity index (χ4v) is 6.35. The van der Waals surface area contributed by atoms with Crippen LogP contribution >= 0.6 is 0 Å². The molecule has 0 spiro atoms. The van der Waals surface area contributed by atoms with Crippen molar-refractivity contribution in [1.82, 2.24) is 20.5 Å². The van der Waals surface area contributed by atoms with Gasteiger partial charge in [0.2, 0.25) is 5.56 Å². The summed E-state index contributed by atoms with van der Waals surface area (Å²) in [6, 6.07) is 39.2. The number of aromatic amines is 1. The van der Waals surface area contributed by atoms with E-state index in [0.717, 1.165) is 22.3 Å². The van der Waals surface area contributed by atoms with Gasteiger partial charge in [0, 0.05) is 36.7 Å². The average molecular weight is 727 g/mol. The molecule has 5 aromatic carbocycles. The monoisotopic (exact) mass is 726 g/mol. The third-order valence-corrected chi connectivity index (χ3v) is 9.09. The fourth-order valence-electron chi connectivity index (χ4n) is 6.35. The Hall–Kier alpha value is -6.43. The van der Waals surface area contributed by atoms with Crippen molar-refractivity contribution in [2.24, 2.45) is 0 Å². The zero-order valence-corrected chi connectivity index (χ0v) is 29.5. The number of benzene rings is 5. The number of carbonyl (C=O) groups is 2. The minimum Gasteiger partial charge on any atom is -0.506 e. The number of phenolic OH excluding ortho intramolecular Hbond substituents is 1. The molecule has 0 radical (unpaired) electrons. The van der Waals surface area contributed by atoms with Crippen molar-refractivity contribution < 1.29 is 29.6 Å². The number of fused-ring (bicyclic) bond motifs is 1. The van der Waals surface area contributed by atoms with Gasteiger partial charge in [0.15, 0.2) is 0 Å². The van der Waals surface area contributed by atoms with E-state index in [9.17, 15) is 29.7 Å². The maximum absolute atomic E-state index is 13.8. The van der Waals surface area contributed by atoms with Gasteiger partial charge in [-0.25, -0.2) is 4.79 Å². The highest BCUT2D eigenvalue weighted by molar-refractivity contribution is 5.94. The lowest BCUT2D eigenvalue weighted by Crippen LogP contribution is -2.33. The number of nitrogens with zero attached hydrogens (tertiary/aromatic N) is 1. The molecule has 0 fully saturated rings. The van der Waals surface area contributed by atoms with Gasteiger partial charge in [0.25, 0.3) is 5.91 Å². The highest BCUT2D eigenvalue weighted by atomic mass is 16.5. The lowest BCUT2D eigenvalue weighted by atomic mass is 9.98. The largest absolute Gasteiger partial charge is 0.506 e. The number of rotatable bonds is 16. The third-order valence-electron chi connectivity index (χ3n) is 9.09. The molecule has 54 heavy (non-hydrogen) atoms. The Labute approximate surface area is 312 Å². The molecule has 6 rings (SSSR count). The van der Waals surface area contributed by atoms with Crippen LogP contribution in [0.2, 0.25) is 0 Å². The van der Waals surface area contributed by atoms with Gasteiger partial charge in [-0.15, -0.1) is 0 Å². The molecule has 2 atom stereocenters. The van der Waals surface area contributed by atoms with Gasteiger partial charge in [-0.05, 0) is 77.2 Å². The Morgan fingerprint density at radius 3 is 2.26 bits per heavy atom. The number of aliphatic hydroxyl groups excluding tert-OH is 1. The van der Waals surface area contributed by atoms with E-state index in [4.69, 9.17) is 4.74 Å². The summed E-state index contributed by atoms with van der Waals surface area (Å²) in [4.78, 5) is 41.6. The second kappa shape index (κ2) is 17.9. The lowest BCUT2D eigenvalue weighted by Gasteiger charge is -2.23. The van der Waals surface area contributed by atoms with Crippen LogP contribution in [0.25, 0.3) is 10.9 Å². The average Bonchev–Trinajstić information content (AvgIpc) is 3.19. The van der Waals surface area contributed by atoms with E-state index in [1.54, 1.807) is 24.3 Å². The second-order valence-electron chi connectivity index (χ2n) is 12.9. The summed E-state index contributed by atoms with van der Waals surface area (Å²) >= 11 is 0. The number of aromatic hydroxyl groups is 1. The van der Waals surface area contributed by atoms with E-state index in [1.807, 2.05) is 102 Å². The number of H-pyrrole nitrogens is 1. The number of aromatic nitrogens is 1. The van der Waals surface area contributed by atoms with Crippen molar-refractivity contribution in [2.45, 2.75) is 31.7 Å². The molecule has 0 aliphatic carbocycles. The molecular formula is C43H42N4O7. The number of hydrogen-bond donors (Lipinski definition) is 6. The van der Waals surface area contributed by atoms with Crippen LogP contribution in [0.4, 0.5) is 4.79 Å². The topological polar surface area (TPSA) is 164 Å². The van der Waals surface area contributed by atoms with Crippen molar-refractivity contribution in [3.8, 4) is 11.5 Å². The van der Waals surface area contributed by atoms with Crippen LogP contribution < -0.4 is 20.9 Å². The van der Waals surface area contributed by atoms with E-state index < -0.39 is 18.2 Å². The molecule has 0 saturated heterocycles. The van der Waals surface area contributed by atoms with E-state index in [0.29, 0.717) is 48.3 Å². The summed E-state index contributed by atoms with van der Waals surface area (Å²) in [6.45, 7) is 1.94. The summed E-state index contributed by atoms with van der Waals surface area (Å²) in [7, 11) is 0. The summed E-state index contributed by atoms with van der Waals surface area (Å²) < 4.78 is 6.08. The Balaban J connectivity index is 1.05. The van der Waals surface area contributed by atoms with E-state index in [-0.39, 0.29) is 35.9 Å². The lowest BCUT2D eigenvalue weighted by molar-refractivity contribution is 0.0740. The highest BCUT2D eigenvalue weighted by Gasteiger charge is 2.19. The molecule has 2 amide bonds. The molecule has 0 aliphatic rings. The Kier molecular flexibility index (Phi) is 12.4. The van der Waals surface area contributed by atoms with Crippen molar-refractivity contribution >= 4 is 22.9 Å². The SMILES string of the molecule is O=C(O)N[C@@H](c1ccccc1)c1cccc(OCc2ccc(C(=O)N(CCCNC[C@H](O)c3ccc(O)c4[nH]c(=O)ccc34)Cc3ccccc3)cc2)c1. The summed E-state index contributed by atoms with van der Waals surface area (Å²) in [6.07, 6.45) is -1.37. The number of nitrogens with one attached hydrogen (secondary N) is 3. The molecule has 0 bridgehead atoms. The molecule has 1 aromatic heterocycles. The van der Waals surface area contributed by atoms with Crippen molar-refractivity contribution in [3.63, 3.8) is 0 Å². The van der Waals surface area contributed by atoms with Gasteiger partial charge >= 0.3 is 6.09 Å². The molecule has 6 N–H and O–H groups in total. The normalized spacial score (nSPS) is 12.2. The van der Waals surface area contributed by atoms with E-state index in [2.05, 4.69) is 15.6 Å². The summed E-state index contributed by atoms with van der Waals surface area (Å²) in [5.41, 5.74) is 4.50. The highest BCUT2D eigenvalue weighted by Crippen LogP contribution is 2.29. The van der Waals surface area contributed by atoms with Crippen LogP contribution in [0.3, 0.4) is 0 Å². The van der Waals surface area contributed by atoms with Crippen molar-refractivity contribution in [3.05, 3.63) is 177 Å². The Morgan fingerprint density at radius 2 is 1.52 bits per heavy atom. The molecule has 0 unspecified atom stereocenters. The first-order chi connectivity index (χ1) is 26.2.